The van der Waals surface area contributed by atoms with Crippen molar-refractivity contribution < 1.29 is 18.3 Å². The summed E-state index contributed by atoms with van der Waals surface area (Å²) in [5.41, 5.74) is 1.62. The molecule has 4 rings (SSSR count). The molecule has 7 heteroatoms. The lowest BCUT2D eigenvalue weighted by Crippen LogP contribution is -2.86. The van der Waals surface area contributed by atoms with Crippen LogP contribution in [0.25, 0.3) is 6.08 Å². The molecular weight excluding hydrogens is 376 g/mol. The molecule has 3 aliphatic rings. The third-order valence-corrected chi connectivity index (χ3v) is 8.21. The maximum atomic E-state index is 12.9. The Kier molecular flexibility index (Phi) is 4.88. The van der Waals surface area contributed by atoms with Gasteiger partial charge in [0.1, 0.15) is 0 Å². The first-order chi connectivity index (χ1) is 13.4. The summed E-state index contributed by atoms with van der Waals surface area (Å²) in [5, 5.41) is 10.1. The number of likely N-dealkylation sites (tertiary alicyclic amines) is 1. The highest BCUT2D eigenvalue weighted by molar-refractivity contribution is 7.89. The summed E-state index contributed by atoms with van der Waals surface area (Å²) in [7, 11) is -3.28. The van der Waals surface area contributed by atoms with Gasteiger partial charge in [0.2, 0.25) is 15.9 Å². The Morgan fingerprint density at radius 1 is 1.25 bits per heavy atom. The van der Waals surface area contributed by atoms with Crippen LogP contribution < -0.4 is 0 Å². The molecule has 0 aromatic heterocycles. The van der Waals surface area contributed by atoms with Gasteiger partial charge in [-0.3, -0.25) is 4.79 Å². The van der Waals surface area contributed by atoms with Crippen molar-refractivity contribution in [2.75, 3.05) is 25.4 Å². The predicted octanol–water partition coefficient (Wildman–Crippen LogP) is 1.82. The number of sulfonamides is 1. The summed E-state index contributed by atoms with van der Waals surface area (Å²) in [6, 6.07) is 7.86. The highest BCUT2D eigenvalue weighted by atomic mass is 32.2. The van der Waals surface area contributed by atoms with Crippen LogP contribution in [-0.2, 0) is 14.8 Å². The van der Waals surface area contributed by atoms with Gasteiger partial charge in [-0.25, -0.2) is 8.42 Å². The first kappa shape index (κ1) is 19.6. The number of aliphatic hydroxyl groups excluding tert-OH is 1. The second kappa shape index (κ2) is 6.97. The fourth-order valence-corrected chi connectivity index (χ4v) is 6.04. The number of aliphatic hydroxyl groups is 1. The van der Waals surface area contributed by atoms with Crippen molar-refractivity contribution >= 4 is 22.0 Å². The van der Waals surface area contributed by atoms with Crippen molar-refractivity contribution in [1.29, 1.82) is 0 Å². The van der Waals surface area contributed by atoms with E-state index >= 15 is 0 Å². The van der Waals surface area contributed by atoms with Gasteiger partial charge in [0.15, 0.2) is 0 Å². The summed E-state index contributed by atoms with van der Waals surface area (Å²) in [6.07, 6.45) is 5.78. The lowest BCUT2D eigenvalue weighted by atomic mass is 9.61. The molecule has 1 amide bonds. The Hall–Kier alpha value is -1.70. The van der Waals surface area contributed by atoms with Gasteiger partial charge >= 0.3 is 0 Å². The van der Waals surface area contributed by atoms with Crippen LogP contribution in [0, 0.1) is 5.92 Å². The van der Waals surface area contributed by atoms with E-state index in [4.69, 9.17) is 0 Å². The average molecular weight is 405 g/mol. The van der Waals surface area contributed by atoms with Gasteiger partial charge in [0, 0.05) is 24.9 Å². The van der Waals surface area contributed by atoms with E-state index in [1.165, 1.54) is 4.31 Å². The van der Waals surface area contributed by atoms with Gasteiger partial charge in [0.05, 0.1) is 23.9 Å². The number of carbonyl (C=O) groups excluding carboxylic acids is 1. The molecule has 3 fully saturated rings. The number of benzene rings is 1. The quantitative estimate of drug-likeness (QED) is 0.785. The standard InChI is InChI=1S/C21H28N2O4S/c1-3-5-15-6-8-16(9-7-15)19-18(12-24)23(20(25)17-10-11-17)21(19)13-22(14-21)28(26,27)4-2/h3,5-9,17-19,24H,4,10-14H2,1-2H3/b5-3+/t18-,19+/m1/s1. The number of carbonyl (C=O) groups is 1. The molecule has 1 N–H and O–H groups in total. The number of nitrogens with zero attached hydrogens (tertiary/aromatic N) is 2. The molecule has 152 valence electrons. The molecule has 1 aromatic carbocycles. The predicted molar refractivity (Wildman–Crippen MR) is 108 cm³/mol. The molecule has 6 nitrogen and oxygen atoms in total. The maximum Gasteiger partial charge on any atom is 0.226 e. The van der Waals surface area contributed by atoms with Crippen molar-refractivity contribution in [3.63, 3.8) is 0 Å². The smallest absolute Gasteiger partial charge is 0.226 e. The molecule has 0 radical (unpaired) electrons. The number of hydrogen-bond donors (Lipinski definition) is 1. The van der Waals surface area contributed by atoms with Crippen LogP contribution >= 0.6 is 0 Å². The van der Waals surface area contributed by atoms with Crippen LogP contribution in [0.2, 0.25) is 0 Å². The highest BCUT2D eigenvalue weighted by Crippen LogP contribution is 2.56. The number of amides is 1. The molecular formula is C21H28N2O4S. The topological polar surface area (TPSA) is 77.9 Å². The molecule has 2 atom stereocenters. The minimum atomic E-state index is -3.28. The molecule has 1 saturated carbocycles. The van der Waals surface area contributed by atoms with Crippen molar-refractivity contribution in [3.8, 4) is 0 Å². The Morgan fingerprint density at radius 3 is 2.39 bits per heavy atom. The van der Waals surface area contributed by atoms with Crippen LogP contribution in [0.15, 0.2) is 30.3 Å². The summed E-state index contributed by atoms with van der Waals surface area (Å²) in [5.74, 6) is 0.129. The SMILES string of the molecule is C/C=C/c1ccc([C@H]2[C@@H](CO)N(C(=O)C3CC3)C23CN(S(=O)(=O)CC)C3)cc1. The third kappa shape index (κ3) is 2.91. The molecule has 28 heavy (non-hydrogen) atoms. The van der Waals surface area contributed by atoms with E-state index in [0.29, 0.717) is 13.1 Å². The van der Waals surface area contributed by atoms with E-state index in [1.54, 1.807) is 6.92 Å². The lowest BCUT2D eigenvalue weighted by molar-refractivity contribution is -0.190. The normalized spacial score (nSPS) is 27.0. The number of hydrogen-bond acceptors (Lipinski definition) is 4. The van der Waals surface area contributed by atoms with E-state index in [0.717, 1.165) is 24.0 Å². The van der Waals surface area contributed by atoms with Crippen molar-refractivity contribution in [1.82, 2.24) is 9.21 Å². The minimum absolute atomic E-state index is 0.0424. The van der Waals surface area contributed by atoms with E-state index in [1.807, 2.05) is 48.2 Å². The second-order valence-corrected chi connectivity index (χ2v) is 10.4. The van der Waals surface area contributed by atoms with Gasteiger partial charge in [-0.1, -0.05) is 36.4 Å². The van der Waals surface area contributed by atoms with Crippen LogP contribution in [0.1, 0.15) is 43.7 Å². The summed E-state index contributed by atoms with van der Waals surface area (Å²) >= 11 is 0. The minimum Gasteiger partial charge on any atom is -0.394 e. The molecule has 1 spiro atoms. The molecule has 1 aromatic rings. The van der Waals surface area contributed by atoms with E-state index in [9.17, 15) is 18.3 Å². The zero-order chi connectivity index (χ0) is 20.1. The van der Waals surface area contributed by atoms with Crippen molar-refractivity contribution in [2.45, 2.75) is 44.2 Å². The zero-order valence-corrected chi connectivity index (χ0v) is 17.2. The maximum absolute atomic E-state index is 12.9. The monoisotopic (exact) mass is 404 g/mol. The fraction of sp³-hybridized carbons (Fsp3) is 0.571. The first-order valence-electron chi connectivity index (χ1n) is 10.0. The van der Waals surface area contributed by atoms with Gasteiger partial charge < -0.3 is 10.0 Å². The van der Waals surface area contributed by atoms with Gasteiger partial charge in [0.25, 0.3) is 0 Å². The lowest BCUT2D eigenvalue weighted by Gasteiger charge is -2.70. The third-order valence-electron chi connectivity index (χ3n) is 6.44. The molecule has 0 unspecified atom stereocenters. The van der Waals surface area contributed by atoms with Crippen LogP contribution in [0.5, 0.6) is 0 Å². The van der Waals surface area contributed by atoms with Crippen LogP contribution in [0.4, 0.5) is 0 Å². The Balaban J connectivity index is 1.66. The summed E-state index contributed by atoms with van der Waals surface area (Å²) < 4.78 is 26.1. The van der Waals surface area contributed by atoms with Crippen molar-refractivity contribution in [2.24, 2.45) is 5.92 Å². The average Bonchev–Trinajstić information content (AvgIpc) is 3.46. The molecule has 1 aliphatic carbocycles. The van der Waals surface area contributed by atoms with E-state index < -0.39 is 15.6 Å². The van der Waals surface area contributed by atoms with E-state index in [2.05, 4.69) is 0 Å². The Labute approximate surface area is 166 Å². The number of allylic oxidation sites excluding steroid dienone is 1. The van der Waals surface area contributed by atoms with Gasteiger partial charge in [-0.2, -0.15) is 4.31 Å². The first-order valence-corrected chi connectivity index (χ1v) is 11.6. The van der Waals surface area contributed by atoms with Crippen LogP contribution in [-0.4, -0.2) is 65.7 Å². The molecule has 2 aliphatic heterocycles. The van der Waals surface area contributed by atoms with Crippen molar-refractivity contribution in [3.05, 3.63) is 41.5 Å². The van der Waals surface area contributed by atoms with Crippen LogP contribution in [0.3, 0.4) is 0 Å². The Bertz CT molecular complexity index is 883. The highest BCUT2D eigenvalue weighted by Gasteiger charge is 2.69. The fourth-order valence-electron chi connectivity index (χ4n) is 4.83. The summed E-state index contributed by atoms with van der Waals surface area (Å²) in [6.45, 7) is 4.14. The zero-order valence-electron chi connectivity index (χ0n) is 16.4. The number of rotatable bonds is 6. The van der Waals surface area contributed by atoms with E-state index in [-0.39, 0.29) is 36.1 Å². The van der Waals surface area contributed by atoms with Gasteiger partial charge in [-0.15, -0.1) is 0 Å². The molecule has 0 bridgehead atoms. The van der Waals surface area contributed by atoms with Gasteiger partial charge in [-0.05, 0) is 37.8 Å². The Morgan fingerprint density at radius 2 is 1.89 bits per heavy atom. The summed E-state index contributed by atoms with van der Waals surface area (Å²) in [4.78, 5) is 14.8. The molecule has 2 saturated heterocycles. The largest absolute Gasteiger partial charge is 0.394 e. The second-order valence-electron chi connectivity index (χ2n) is 8.15. The molecule has 2 heterocycles.